The van der Waals surface area contributed by atoms with Gasteiger partial charge >= 0.3 is 5.97 Å². The Morgan fingerprint density at radius 3 is 2.96 bits per heavy atom. The largest absolute Gasteiger partial charge is 0.466 e. The van der Waals surface area contributed by atoms with Gasteiger partial charge in [0.05, 0.1) is 23.4 Å². The summed E-state index contributed by atoms with van der Waals surface area (Å²) in [6.45, 7) is 4.92. The summed E-state index contributed by atoms with van der Waals surface area (Å²) in [6, 6.07) is 5.80. The van der Waals surface area contributed by atoms with Crippen LogP contribution in [0.1, 0.15) is 64.2 Å². The van der Waals surface area contributed by atoms with Crippen molar-refractivity contribution in [1.82, 2.24) is 9.78 Å². The van der Waals surface area contributed by atoms with Gasteiger partial charge in [-0.25, -0.2) is 4.68 Å². The zero-order valence-corrected chi connectivity index (χ0v) is 16.2. The van der Waals surface area contributed by atoms with Crippen LogP contribution in [0.5, 0.6) is 0 Å². The molecule has 2 atom stereocenters. The highest BCUT2D eigenvalue weighted by molar-refractivity contribution is 5.83. The van der Waals surface area contributed by atoms with Crippen molar-refractivity contribution in [1.29, 1.82) is 0 Å². The van der Waals surface area contributed by atoms with Crippen LogP contribution < -0.4 is 0 Å². The van der Waals surface area contributed by atoms with Gasteiger partial charge in [0, 0.05) is 6.61 Å². The number of ether oxygens (including phenoxy) is 2. The lowest BCUT2D eigenvalue weighted by atomic mass is 9.96. The molecule has 2 unspecified atom stereocenters. The number of benzene rings is 1. The van der Waals surface area contributed by atoms with Crippen LogP contribution in [-0.2, 0) is 20.7 Å². The lowest BCUT2D eigenvalue weighted by molar-refractivity contribution is -0.148. The van der Waals surface area contributed by atoms with Gasteiger partial charge in [-0.05, 0) is 63.5 Å². The van der Waals surface area contributed by atoms with E-state index in [0.717, 1.165) is 49.6 Å². The summed E-state index contributed by atoms with van der Waals surface area (Å²) >= 11 is 0. The zero-order valence-electron chi connectivity index (χ0n) is 16.2. The predicted octanol–water partition coefficient (Wildman–Crippen LogP) is 4.79. The van der Waals surface area contributed by atoms with Crippen molar-refractivity contribution in [3.8, 4) is 0 Å². The summed E-state index contributed by atoms with van der Waals surface area (Å²) < 4.78 is 27.3. The van der Waals surface area contributed by atoms with Crippen molar-refractivity contribution in [2.45, 2.75) is 65.0 Å². The third-order valence-electron chi connectivity index (χ3n) is 5.32. The summed E-state index contributed by atoms with van der Waals surface area (Å²) in [6.07, 6.45) is 5.80. The van der Waals surface area contributed by atoms with Crippen LogP contribution in [-0.4, -0.2) is 29.0 Å². The summed E-state index contributed by atoms with van der Waals surface area (Å²) in [5, 5.41) is 4.72. The molecule has 0 bridgehead atoms. The van der Waals surface area contributed by atoms with E-state index in [1.165, 1.54) is 0 Å². The van der Waals surface area contributed by atoms with Gasteiger partial charge in [0.1, 0.15) is 0 Å². The quantitative estimate of drug-likeness (QED) is 0.622. The van der Waals surface area contributed by atoms with E-state index in [1.807, 2.05) is 32.0 Å². The molecule has 1 saturated heterocycles. The van der Waals surface area contributed by atoms with Gasteiger partial charge in [0.2, 0.25) is 5.95 Å². The minimum Gasteiger partial charge on any atom is -0.466 e. The predicted molar refractivity (Wildman–Crippen MR) is 102 cm³/mol. The van der Waals surface area contributed by atoms with Crippen molar-refractivity contribution in [3.05, 3.63) is 29.7 Å². The van der Waals surface area contributed by atoms with Gasteiger partial charge in [0.15, 0.2) is 6.23 Å². The van der Waals surface area contributed by atoms with Gasteiger partial charge < -0.3 is 9.47 Å². The Labute approximate surface area is 159 Å². The second-order valence-electron chi connectivity index (χ2n) is 7.12. The van der Waals surface area contributed by atoms with Crippen LogP contribution in [0.15, 0.2) is 18.2 Å². The molecule has 0 amide bonds. The molecular formula is C21H29FN2O3. The van der Waals surface area contributed by atoms with E-state index in [0.29, 0.717) is 25.0 Å². The molecule has 2 heterocycles. The minimum atomic E-state index is -0.438. The highest BCUT2D eigenvalue weighted by Crippen LogP contribution is 2.30. The molecule has 1 aliphatic rings. The first-order chi connectivity index (χ1) is 13.2. The van der Waals surface area contributed by atoms with Crippen LogP contribution in [0.3, 0.4) is 0 Å². The Morgan fingerprint density at radius 2 is 2.26 bits per heavy atom. The van der Waals surface area contributed by atoms with Crippen molar-refractivity contribution < 1.29 is 18.7 Å². The lowest BCUT2D eigenvalue weighted by Crippen LogP contribution is -2.19. The topological polar surface area (TPSA) is 53.3 Å². The number of rotatable bonds is 8. The number of hydrogen-bond donors (Lipinski definition) is 0. The second-order valence-corrected chi connectivity index (χ2v) is 7.12. The molecule has 5 nitrogen and oxygen atoms in total. The maximum absolute atomic E-state index is 14.6. The molecule has 1 aliphatic heterocycles. The van der Waals surface area contributed by atoms with E-state index in [9.17, 15) is 9.18 Å². The Kier molecular flexibility index (Phi) is 6.83. The number of fused-ring (bicyclic) bond motifs is 1. The number of hydrogen-bond acceptors (Lipinski definition) is 4. The fourth-order valence-electron chi connectivity index (χ4n) is 3.85. The zero-order chi connectivity index (χ0) is 19.2. The smallest absolute Gasteiger partial charge is 0.308 e. The summed E-state index contributed by atoms with van der Waals surface area (Å²) in [5.41, 5.74) is 1.72. The first-order valence-corrected chi connectivity index (χ1v) is 10.1. The molecule has 3 rings (SSSR count). The average Bonchev–Trinajstić information content (AvgIpc) is 3.03. The van der Waals surface area contributed by atoms with Crippen LogP contribution in [0.4, 0.5) is 4.39 Å². The molecule has 0 spiro atoms. The number of carbonyl (C=O) groups is 1. The molecular weight excluding hydrogens is 347 g/mol. The van der Waals surface area contributed by atoms with Crippen LogP contribution in [0, 0.1) is 11.9 Å². The highest BCUT2D eigenvalue weighted by Gasteiger charge is 2.23. The molecule has 0 aliphatic carbocycles. The first-order valence-electron chi connectivity index (χ1n) is 10.1. The van der Waals surface area contributed by atoms with Crippen molar-refractivity contribution >= 4 is 16.9 Å². The van der Waals surface area contributed by atoms with Gasteiger partial charge in [0.25, 0.3) is 0 Å². The molecule has 148 valence electrons. The van der Waals surface area contributed by atoms with E-state index >= 15 is 0 Å². The maximum atomic E-state index is 14.6. The number of aryl methyl sites for hydroxylation is 1. The standard InChI is InChI=1S/C21H29FN2O3/c1-3-15(21(25)26-4-2)9-7-10-16-11-8-12-17-19(16)20(22)23-24(17)18-13-5-6-14-27-18/h8,11-12,15,18H,3-7,9-10,13-14H2,1-2H3. The average molecular weight is 376 g/mol. The fourth-order valence-corrected chi connectivity index (χ4v) is 3.85. The molecule has 2 aromatic rings. The molecule has 27 heavy (non-hydrogen) atoms. The van der Waals surface area contributed by atoms with E-state index in [1.54, 1.807) is 4.68 Å². The lowest BCUT2D eigenvalue weighted by Gasteiger charge is -2.23. The number of halogens is 1. The molecule has 1 aromatic carbocycles. The summed E-state index contributed by atoms with van der Waals surface area (Å²) in [4.78, 5) is 12.0. The fraction of sp³-hybridized carbons (Fsp3) is 0.619. The summed E-state index contributed by atoms with van der Waals surface area (Å²) in [5.74, 6) is -0.661. The Morgan fingerprint density at radius 1 is 1.41 bits per heavy atom. The second kappa shape index (κ2) is 9.31. The van der Waals surface area contributed by atoms with Crippen molar-refractivity contribution in [2.75, 3.05) is 13.2 Å². The molecule has 1 aromatic heterocycles. The minimum absolute atomic E-state index is 0.0904. The van der Waals surface area contributed by atoms with Gasteiger partial charge in [-0.3, -0.25) is 4.79 Å². The molecule has 6 heteroatoms. The van der Waals surface area contributed by atoms with E-state index in [-0.39, 0.29) is 18.1 Å². The Hall–Kier alpha value is -1.95. The normalized spacial score (nSPS) is 18.6. The molecule has 1 fully saturated rings. The van der Waals surface area contributed by atoms with E-state index in [4.69, 9.17) is 9.47 Å². The molecule has 0 N–H and O–H groups in total. The SMILES string of the molecule is CCOC(=O)C(CC)CCCc1cccc2c1c(F)nn2C1CCCCO1. The van der Waals surface area contributed by atoms with Crippen LogP contribution in [0.2, 0.25) is 0 Å². The van der Waals surface area contributed by atoms with Gasteiger partial charge in [-0.1, -0.05) is 19.1 Å². The summed E-state index contributed by atoms with van der Waals surface area (Å²) in [7, 11) is 0. The third kappa shape index (κ3) is 4.49. The number of carbonyl (C=O) groups excluding carboxylic acids is 1. The monoisotopic (exact) mass is 376 g/mol. The number of aromatic nitrogens is 2. The molecule has 0 saturated carbocycles. The number of esters is 1. The Balaban J connectivity index is 1.73. The first kappa shape index (κ1) is 19.8. The van der Waals surface area contributed by atoms with E-state index in [2.05, 4.69) is 5.10 Å². The van der Waals surface area contributed by atoms with E-state index < -0.39 is 5.95 Å². The van der Waals surface area contributed by atoms with Crippen LogP contribution in [0.25, 0.3) is 10.9 Å². The van der Waals surface area contributed by atoms with Gasteiger partial charge in [-0.2, -0.15) is 4.39 Å². The van der Waals surface area contributed by atoms with Crippen molar-refractivity contribution in [3.63, 3.8) is 0 Å². The third-order valence-corrected chi connectivity index (χ3v) is 5.32. The Bertz CT molecular complexity index is 768. The van der Waals surface area contributed by atoms with Crippen molar-refractivity contribution in [2.24, 2.45) is 5.92 Å². The maximum Gasteiger partial charge on any atom is 0.308 e. The van der Waals surface area contributed by atoms with Crippen LogP contribution >= 0.6 is 0 Å². The molecule has 0 radical (unpaired) electrons. The van der Waals surface area contributed by atoms with Gasteiger partial charge in [-0.15, -0.1) is 5.10 Å². The highest BCUT2D eigenvalue weighted by atomic mass is 19.1. The number of nitrogens with zero attached hydrogens (tertiary/aromatic N) is 2.